The Morgan fingerprint density at radius 3 is 2.70 bits per heavy atom. The molecule has 3 N–H and O–H groups in total. The SMILES string of the molecule is C=c1[nH]c2c(C(=O)NC3=CCC(NC(=O)/C(C#N)=C/C4CC4)CC3)sc3nccc(c32)n1-c1ccc(Oc2ccccc2)cc1C. The van der Waals surface area contributed by atoms with Crippen molar-refractivity contribution in [3.05, 3.63) is 100 Å². The molecule has 1 saturated carbocycles. The zero-order valence-corrected chi connectivity index (χ0v) is 26.1. The second-order valence-electron chi connectivity index (χ2n) is 11.7. The summed E-state index contributed by atoms with van der Waals surface area (Å²) in [4.78, 5) is 35.4. The molecule has 9 nitrogen and oxygen atoms in total. The summed E-state index contributed by atoms with van der Waals surface area (Å²) in [5, 5.41) is 16.3. The Kier molecular flexibility index (Phi) is 7.76. The fourth-order valence-electron chi connectivity index (χ4n) is 5.87. The molecule has 230 valence electrons. The van der Waals surface area contributed by atoms with Crippen molar-refractivity contribution in [2.75, 3.05) is 0 Å². The van der Waals surface area contributed by atoms with Crippen molar-refractivity contribution in [1.82, 2.24) is 25.2 Å². The van der Waals surface area contributed by atoms with E-state index in [1.54, 1.807) is 12.3 Å². The maximum atomic E-state index is 13.6. The lowest BCUT2D eigenvalue weighted by Gasteiger charge is -2.23. The Morgan fingerprint density at radius 1 is 1.15 bits per heavy atom. The van der Waals surface area contributed by atoms with E-state index in [1.807, 2.05) is 78.2 Å². The van der Waals surface area contributed by atoms with E-state index < -0.39 is 0 Å². The van der Waals surface area contributed by atoms with Crippen molar-refractivity contribution in [2.24, 2.45) is 5.92 Å². The molecule has 0 spiro atoms. The highest BCUT2D eigenvalue weighted by molar-refractivity contribution is 7.21. The first-order valence-corrected chi connectivity index (χ1v) is 16.1. The van der Waals surface area contributed by atoms with Gasteiger partial charge >= 0.3 is 0 Å². The van der Waals surface area contributed by atoms with Crippen molar-refractivity contribution < 1.29 is 14.3 Å². The number of pyridine rings is 1. The van der Waals surface area contributed by atoms with Crippen LogP contribution in [-0.2, 0) is 4.79 Å². The normalized spacial score (nSPS) is 16.6. The number of amides is 2. The van der Waals surface area contributed by atoms with Crippen LogP contribution < -0.4 is 20.9 Å². The molecule has 2 aromatic carbocycles. The predicted octanol–water partition coefficient (Wildman–Crippen LogP) is 6.50. The third-order valence-corrected chi connectivity index (χ3v) is 9.45. The van der Waals surface area contributed by atoms with E-state index in [0.717, 1.165) is 57.0 Å². The zero-order chi connectivity index (χ0) is 31.8. The third kappa shape index (κ3) is 5.85. The molecule has 1 fully saturated rings. The van der Waals surface area contributed by atoms with Gasteiger partial charge in [0.05, 0.1) is 22.1 Å². The number of thiophene rings is 1. The smallest absolute Gasteiger partial charge is 0.267 e. The lowest BCUT2D eigenvalue weighted by molar-refractivity contribution is -0.117. The van der Waals surface area contributed by atoms with E-state index in [9.17, 15) is 14.9 Å². The molecule has 0 saturated heterocycles. The van der Waals surface area contributed by atoms with Gasteiger partial charge in [0.25, 0.3) is 11.8 Å². The van der Waals surface area contributed by atoms with Gasteiger partial charge in [0.2, 0.25) is 0 Å². The molecule has 10 heteroatoms. The van der Waals surface area contributed by atoms with Gasteiger partial charge in [0.1, 0.15) is 38.3 Å². The fourth-order valence-corrected chi connectivity index (χ4v) is 6.88. The molecule has 5 aromatic rings. The van der Waals surface area contributed by atoms with Gasteiger partial charge in [-0.3, -0.25) is 14.2 Å². The van der Waals surface area contributed by atoms with Crippen LogP contribution in [0.5, 0.6) is 11.5 Å². The van der Waals surface area contributed by atoms with Crippen molar-refractivity contribution >= 4 is 51.0 Å². The molecular weight excluding hydrogens is 597 g/mol. The Labute approximate surface area is 269 Å². The van der Waals surface area contributed by atoms with Gasteiger partial charge in [-0.05, 0) is 86.9 Å². The Bertz CT molecular complexity index is 2160. The van der Waals surface area contributed by atoms with Crippen LogP contribution in [-0.4, -0.2) is 32.4 Å². The van der Waals surface area contributed by atoms with Crippen molar-refractivity contribution in [3.63, 3.8) is 0 Å². The van der Waals surface area contributed by atoms with Gasteiger partial charge in [0.15, 0.2) is 0 Å². The Morgan fingerprint density at radius 2 is 1.98 bits per heavy atom. The number of aromatic amines is 1. The number of nitriles is 1. The summed E-state index contributed by atoms with van der Waals surface area (Å²) in [6, 6.07) is 19.5. The molecular formula is C36H32N6O3S. The highest BCUT2D eigenvalue weighted by Crippen LogP contribution is 2.35. The van der Waals surface area contributed by atoms with E-state index in [2.05, 4.69) is 27.2 Å². The number of benzene rings is 2. The van der Waals surface area contributed by atoms with Crippen LogP contribution in [0.2, 0.25) is 0 Å². The predicted molar refractivity (Wildman–Crippen MR) is 179 cm³/mol. The number of aromatic nitrogens is 3. The average molecular weight is 629 g/mol. The molecule has 7 rings (SSSR count). The molecule has 0 radical (unpaired) electrons. The minimum Gasteiger partial charge on any atom is -0.457 e. The summed E-state index contributed by atoms with van der Waals surface area (Å²) >= 11 is 1.34. The first-order valence-electron chi connectivity index (χ1n) is 15.3. The van der Waals surface area contributed by atoms with Crippen LogP contribution in [0, 0.1) is 24.2 Å². The summed E-state index contributed by atoms with van der Waals surface area (Å²) in [6.07, 6.45) is 9.40. The number of para-hydroxylation sites is 1. The Hall–Kier alpha value is -5.40. The molecule has 2 aliphatic carbocycles. The second kappa shape index (κ2) is 12.2. The van der Waals surface area contributed by atoms with Gasteiger partial charge in [-0.15, -0.1) is 11.3 Å². The van der Waals surface area contributed by atoms with Gasteiger partial charge in [-0.25, -0.2) is 4.98 Å². The molecule has 0 bridgehead atoms. The maximum Gasteiger partial charge on any atom is 0.267 e. The quantitative estimate of drug-likeness (QED) is 0.134. The number of hydrogen-bond acceptors (Lipinski definition) is 6. The number of carbonyl (C=O) groups is 2. The monoisotopic (exact) mass is 628 g/mol. The van der Waals surface area contributed by atoms with E-state index >= 15 is 0 Å². The summed E-state index contributed by atoms with van der Waals surface area (Å²) in [5.74, 6) is 1.32. The zero-order valence-electron chi connectivity index (χ0n) is 25.3. The van der Waals surface area contributed by atoms with Crippen LogP contribution in [0.3, 0.4) is 0 Å². The standard InChI is InChI=1S/C36H32N6O3S/c1-21-18-28(45-27-6-4-3-5-7-27)14-15-29(21)42-22(2)39-32-31-30(42)16-17-38-36(31)46-33(32)35(44)41-26-12-10-25(11-13-26)40-34(43)24(20-37)19-23-8-9-23/h3-7,12,14-19,23,25,39H,2,8-11,13H2,1H3,(H,40,43)(H,41,44)/b24-19+. The number of carbonyl (C=O) groups excluding carboxylic acids is 2. The molecule has 2 aliphatic rings. The van der Waals surface area contributed by atoms with E-state index in [0.29, 0.717) is 41.1 Å². The summed E-state index contributed by atoms with van der Waals surface area (Å²) < 4.78 is 8.08. The van der Waals surface area contributed by atoms with Crippen molar-refractivity contribution in [2.45, 2.75) is 45.1 Å². The summed E-state index contributed by atoms with van der Waals surface area (Å²) in [6.45, 7) is 6.35. The molecule has 46 heavy (non-hydrogen) atoms. The highest BCUT2D eigenvalue weighted by Gasteiger charge is 2.25. The minimum absolute atomic E-state index is 0.0836. The average Bonchev–Trinajstić information content (AvgIpc) is 3.81. The van der Waals surface area contributed by atoms with Gasteiger partial charge in [-0.2, -0.15) is 5.26 Å². The number of nitrogens with zero attached hydrogens (tertiary/aromatic N) is 3. The Balaban J connectivity index is 1.11. The second-order valence-corrected chi connectivity index (χ2v) is 12.7. The molecule has 3 heterocycles. The lowest BCUT2D eigenvalue weighted by Crippen LogP contribution is -2.37. The maximum absolute atomic E-state index is 13.6. The number of rotatable bonds is 8. The van der Waals surface area contributed by atoms with E-state index in [-0.39, 0.29) is 23.4 Å². The van der Waals surface area contributed by atoms with Gasteiger partial charge in [-0.1, -0.05) is 36.9 Å². The van der Waals surface area contributed by atoms with Crippen LogP contribution in [0.4, 0.5) is 0 Å². The van der Waals surface area contributed by atoms with Crippen LogP contribution in [0.25, 0.3) is 33.5 Å². The first kappa shape index (κ1) is 29.3. The topological polar surface area (TPSA) is 125 Å². The number of hydrogen-bond donors (Lipinski definition) is 3. The van der Waals surface area contributed by atoms with Gasteiger partial charge < -0.3 is 20.4 Å². The number of ether oxygens (including phenoxy) is 1. The number of allylic oxidation sites excluding steroid dienone is 2. The van der Waals surface area contributed by atoms with E-state index in [1.165, 1.54) is 11.3 Å². The highest BCUT2D eigenvalue weighted by atomic mass is 32.1. The van der Waals surface area contributed by atoms with Gasteiger partial charge in [0, 0.05) is 17.9 Å². The first-order chi connectivity index (χ1) is 22.4. The van der Waals surface area contributed by atoms with Crippen LogP contribution in [0.1, 0.15) is 47.3 Å². The largest absolute Gasteiger partial charge is 0.457 e. The molecule has 3 aromatic heterocycles. The number of aryl methyl sites for hydroxylation is 1. The minimum atomic E-state index is -0.319. The fraction of sp³-hybridized carbons (Fsp3) is 0.222. The van der Waals surface area contributed by atoms with Crippen molar-refractivity contribution in [3.8, 4) is 23.3 Å². The number of nitrogens with one attached hydrogen (secondary N) is 3. The van der Waals surface area contributed by atoms with E-state index in [4.69, 9.17) is 4.74 Å². The molecule has 1 atom stereocenters. The summed E-state index contributed by atoms with van der Waals surface area (Å²) in [7, 11) is 0. The molecule has 0 aliphatic heterocycles. The lowest BCUT2D eigenvalue weighted by atomic mass is 9.98. The van der Waals surface area contributed by atoms with Crippen LogP contribution in [0.15, 0.2) is 84.2 Å². The number of H-pyrrole nitrogens is 1. The van der Waals surface area contributed by atoms with Crippen LogP contribution >= 0.6 is 11.3 Å². The summed E-state index contributed by atoms with van der Waals surface area (Å²) in [5.41, 5.74) is 5.14. The van der Waals surface area contributed by atoms with Crippen molar-refractivity contribution in [1.29, 1.82) is 5.26 Å². The molecule has 2 amide bonds. The molecule has 1 unspecified atom stereocenters. The third-order valence-electron chi connectivity index (χ3n) is 8.35.